The van der Waals surface area contributed by atoms with Gasteiger partial charge in [-0.25, -0.2) is 0 Å². The zero-order valence-corrected chi connectivity index (χ0v) is 12.9. The van der Waals surface area contributed by atoms with E-state index in [0.717, 1.165) is 24.1 Å². The molecule has 114 valence electrons. The molecule has 0 saturated carbocycles. The Morgan fingerprint density at radius 2 is 1.73 bits per heavy atom. The van der Waals surface area contributed by atoms with E-state index in [1.54, 1.807) is 0 Å². The number of rotatable bonds is 7. The third-order valence-electron chi connectivity index (χ3n) is 3.91. The quantitative estimate of drug-likeness (QED) is 0.852. The third-order valence-corrected chi connectivity index (χ3v) is 3.91. The molecule has 0 heterocycles. The van der Waals surface area contributed by atoms with Crippen LogP contribution in [0, 0.1) is 11.3 Å². The minimum Gasteiger partial charge on any atom is -0.396 e. The van der Waals surface area contributed by atoms with Gasteiger partial charge >= 0.3 is 0 Å². The number of nitrogens with zero attached hydrogens (tertiary/aromatic N) is 2. The number of nitriles is 1. The predicted molar refractivity (Wildman–Crippen MR) is 88.0 cm³/mol. The molecule has 0 radical (unpaired) electrons. The van der Waals surface area contributed by atoms with Gasteiger partial charge in [-0.05, 0) is 30.5 Å². The standard InChI is InChI=1S/C19H22N2O/c1-16(11-12-22)21(14-17-7-3-2-4-8-17)15-19-10-6-5-9-18(19)13-20/h2-10,16,22H,11-12,14-15H2,1H3. The fourth-order valence-corrected chi connectivity index (χ4v) is 2.54. The zero-order valence-electron chi connectivity index (χ0n) is 12.9. The minimum atomic E-state index is 0.173. The molecule has 1 unspecified atom stereocenters. The molecule has 0 amide bonds. The van der Waals surface area contributed by atoms with E-state index in [1.165, 1.54) is 5.56 Å². The molecule has 2 aromatic rings. The van der Waals surface area contributed by atoms with E-state index in [2.05, 4.69) is 30.0 Å². The molecule has 0 aliphatic carbocycles. The largest absolute Gasteiger partial charge is 0.396 e. The Morgan fingerprint density at radius 3 is 2.41 bits per heavy atom. The van der Waals surface area contributed by atoms with E-state index in [4.69, 9.17) is 0 Å². The molecule has 0 aliphatic rings. The summed E-state index contributed by atoms with van der Waals surface area (Å²) in [5.41, 5.74) is 2.99. The van der Waals surface area contributed by atoms with Crippen molar-refractivity contribution in [3.05, 3.63) is 71.3 Å². The van der Waals surface area contributed by atoms with Crippen molar-refractivity contribution < 1.29 is 5.11 Å². The lowest BCUT2D eigenvalue weighted by atomic mass is 10.1. The highest BCUT2D eigenvalue weighted by atomic mass is 16.3. The van der Waals surface area contributed by atoms with E-state index in [1.807, 2.05) is 42.5 Å². The van der Waals surface area contributed by atoms with Crippen molar-refractivity contribution in [2.24, 2.45) is 0 Å². The van der Waals surface area contributed by atoms with Gasteiger partial charge in [0.05, 0.1) is 11.6 Å². The molecular weight excluding hydrogens is 272 g/mol. The number of hydrogen-bond acceptors (Lipinski definition) is 3. The van der Waals surface area contributed by atoms with Gasteiger partial charge in [-0.1, -0.05) is 48.5 Å². The van der Waals surface area contributed by atoms with Crippen LogP contribution in [0.2, 0.25) is 0 Å². The maximum Gasteiger partial charge on any atom is 0.0995 e. The molecule has 0 aromatic heterocycles. The maximum absolute atomic E-state index is 9.25. The van der Waals surface area contributed by atoms with Gasteiger partial charge < -0.3 is 5.11 Å². The Balaban J connectivity index is 2.19. The SMILES string of the molecule is CC(CCO)N(Cc1ccccc1)Cc1ccccc1C#N. The molecule has 22 heavy (non-hydrogen) atoms. The predicted octanol–water partition coefficient (Wildman–Crippen LogP) is 3.33. The first-order valence-corrected chi connectivity index (χ1v) is 7.61. The van der Waals surface area contributed by atoms with Crippen LogP contribution in [-0.4, -0.2) is 22.7 Å². The number of hydrogen-bond donors (Lipinski definition) is 1. The topological polar surface area (TPSA) is 47.3 Å². The van der Waals surface area contributed by atoms with E-state index in [9.17, 15) is 10.4 Å². The van der Waals surface area contributed by atoms with Crippen LogP contribution < -0.4 is 0 Å². The highest BCUT2D eigenvalue weighted by Gasteiger charge is 2.16. The van der Waals surface area contributed by atoms with Crippen LogP contribution in [0.3, 0.4) is 0 Å². The van der Waals surface area contributed by atoms with E-state index >= 15 is 0 Å². The van der Waals surface area contributed by atoms with Crippen molar-refractivity contribution in [2.45, 2.75) is 32.5 Å². The Kier molecular flexibility index (Phi) is 6.14. The summed E-state index contributed by atoms with van der Waals surface area (Å²) in [6.45, 7) is 3.81. The van der Waals surface area contributed by atoms with Crippen LogP contribution in [0.15, 0.2) is 54.6 Å². The van der Waals surface area contributed by atoms with E-state index < -0.39 is 0 Å². The summed E-state index contributed by atoms with van der Waals surface area (Å²) in [6, 6.07) is 20.5. The lowest BCUT2D eigenvalue weighted by molar-refractivity contribution is 0.153. The van der Waals surface area contributed by atoms with Crippen molar-refractivity contribution in [1.29, 1.82) is 5.26 Å². The Hall–Kier alpha value is -2.15. The Morgan fingerprint density at radius 1 is 1.05 bits per heavy atom. The van der Waals surface area contributed by atoms with E-state index in [0.29, 0.717) is 6.54 Å². The summed E-state index contributed by atoms with van der Waals surface area (Å²) in [5.74, 6) is 0. The summed E-state index contributed by atoms with van der Waals surface area (Å²) in [5, 5.41) is 18.5. The molecule has 0 spiro atoms. The third kappa shape index (κ3) is 4.42. The van der Waals surface area contributed by atoms with Crippen molar-refractivity contribution in [1.82, 2.24) is 4.90 Å². The molecule has 3 nitrogen and oxygen atoms in total. The van der Waals surface area contributed by atoms with Gasteiger partial charge in [0.2, 0.25) is 0 Å². The highest BCUT2D eigenvalue weighted by molar-refractivity contribution is 5.37. The summed E-state index contributed by atoms with van der Waals surface area (Å²) in [4.78, 5) is 2.31. The molecule has 3 heteroatoms. The van der Waals surface area contributed by atoms with Crippen molar-refractivity contribution in [2.75, 3.05) is 6.61 Å². The van der Waals surface area contributed by atoms with Gasteiger partial charge in [-0.15, -0.1) is 0 Å². The molecule has 0 aliphatic heterocycles. The highest BCUT2D eigenvalue weighted by Crippen LogP contribution is 2.17. The average molecular weight is 294 g/mol. The van der Waals surface area contributed by atoms with Crippen LogP contribution in [0.5, 0.6) is 0 Å². The molecule has 1 atom stereocenters. The first kappa shape index (κ1) is 16.2. The fraction of sp³-hybridized carbons (Fsp3) is 0.316. The molecule has 2 aromatic carbocycles. The summed E-state index contributed by atoms with van der Waals surface area (Å²) in [7, 11) is 0. The lowest BCUT2D eigenvalue weighted by Gasteiger charge is -2.29. The van der Waals surface area contributed by atoms with Gasteiger partial charge in [0.25, 0.3) is 0 Å². The van der Waals surface area contributed by atoms with Crippen LogP contribution in [-0.2, 0) is 13.1 Å². The average Bonchev–Trinajstić information content (AvgIpc) is 2.56. The van der Waals surface area contributed by atoms with Gasteiger partial charge in [-0.2, -0.15) is 5.26 Å². The van der Waals surface area contributed by atoms with Crippen LogP contribution in [0.4, 0.5) is 0 Å². The second-order valence-corrected chi connectivity index (χ2v) is 5.52. The molecule has 1 N–H and O–H groups in total. The molecule has 0 fully saturated rings. The van der Waals surface area contributed by atoms with E-state index in [-0.39, 0.29) is 12.6 Å². The summed E-state index contributed by atoms with van der Waals surface area (Å²) >= 11 is 0. The van der Waals surface area contributed by atoms with Crippen molar-refractivity contribution in [3.8, 4) is 6.07 Å². The van der Waals surface area contributed by atoms with Crippen LogP contribution in [0.1, 0.15) is 30.0 Å². The Bertz CT molecular complexity index is 619. The lowest BCUT2D eigenvalue weighted by Crippen LogP contribution is -2.33. The fourth-order valence-electron chi connectivity index (χ4n) is 2.54. The smallest absolute Gasteiger partial charge is 0.0995 e. The minimum absolute atomic E-state index is 0.173. The first-order valence-electron chi connectivity index (χ1n) is 7.61. The van der Waals surface area contributed by atoms with Gasteiger partial charge in [-0.3, -0.25) is 4.90 Å². The number of aliphatic hydroxyl groups excluding tert-OH is 1. The molecular formula is C19H22N2O. The summed E-state index contributed by atoms with van der Waals surface area (Å²) < 4.78 is 0. The number of aliphatic hydroxyl groups is 1. The second-order valence-electron chi connectivity index (χ2n) is 5.52. The van der Waals surface area contributed by atoms with Gasteiger partial charge in [0, 0.05) is 25.7 Å². The van der Waals surface area contributed by atoms with Crippen LogP contribution in [0.25, 0.3) is 0 Å². The monoisotopic (exact) mass is 294 g/mol. The summed E-state index contributed by atoms with van der Waals surface area (Å²) in [6.07, 6.45) is 0.724. The molecule has 0 saturated heterocycles. The van der Waals surface area contributed by atoms with Crippen LogP contribution >= 0.6 is 0 Å². The second kappa shape index (κ2) is 8.33. The van der Waals surface area contributed by atoms with Crippen molar-refractivity contribution in [3.63, 3.8) is 0 Å². The first-order chi connectivity index (χ1) is 10.7. The maximum atomic E-state index is 9.25. The number of benzene rings is 2. The normalized spacial score (nSPS) is 12.1. The molecule has 2 rings (SSSR count). The van der Waals surface area contributed by atoms with Crippen molar-refractivity contribution >= 4 is 0 Å². The van der Waals surface area contributed by atoms with Gasteiger partial charge in [0.15, 0.2) is 0 Å². The zero-order chi connectivity index (χ0) is 15.8. The Labute approximate surface area is 132 Å². The molecule has 0 bridgehead atoms. The van der Waals surface area contributed by atoms with Gasteiger partial charge in [0.1, 0.15) is 0 Å².